The van der Waals surface area contributed by atoms with Crippen LogP contribution in [0.3, 0.4) is 0 Å². The van der Waals surface area contributed by atoms with E-state index in [2.05, 4.69) is 5.32 Å². The summed E-state index contributed by atoms with van der Waals surface area (Å²) in [6.45, 7) is 2.04. The summed E-state index contributed by atoms with van der Waals surface area (Å²) in [5.74, 6) is -0.0839. The fraction of sp³-hybridized carbons (Fsp3) is 0.0435. The predicted octanol–water partition coefficient (Wildman–Crippen LogP) is 6.14. The number of amides is 1. The van der Waals surface area contributed by atoms with E-state index in [0.29, 0.717) is 9.23 Å². The summed E-state index contributed by atoms with van der Waals surface area (Å²) in [4.78, 5) is 15.1. The molecular weight excluding hydrogens is 384 g/mol. The van der Waals surface area contributed by atoms with E-state index in [4.69, 9.17) is 12.2 Å². The van der Waals surface area contributed by atoms with E-state index < -0.39 is 0 Å². The summed E-state index contributed by atoms with van der Waals surface area (Å²) in [5, 5.41) is 3.34. The molecule has 0 aliphatic carbocycles. The fourth-order valence-electron chi connectivity index (χ4n) is 2.89. The number of para-hydroxylation sites is 1. The maximum atomic E-state index is 12.9. The lowest BCUT2D eigenvalue weighted by molar-refractivity contribution is -0.113. The van der Waals surface area contributed by atoms with Crippen LogP contribution in [0.25, 0.3) is 6.08 Å². The highest BCUT2D eigenvalue weighted by Gasteiger charge is 2.33. The molecule has 5 heteroatoms. The number of nitrogens with zero attached hydrogens (tertiary/aromatic N) is 1. The molecule has 138 valence electrons. The van der Waals surface area contributed by atoms with Gasteiger partial charge in [0.05, 0.1) is 10.6 Å². The van der Waals surface area contributed by atoms with Crippen molar-refractivity contribution >= 4 is 57.3 Å². The van der Waals surface area contributed by atoms with E-state index in [1.165, 1.54) is 17.3 Å². The van der Waals surface area contributed by atoms with Crippen LogP contribution in [0.1, 0.15) is 11.1 Å². The molecule has 1 N–H and O–H groups in total. The fourth-order valence-corrected chi connectivity index (χ4v) is 4.19. The van der Waals surface area contributed by atoms with Crippen LogP contribution in [0.15, 0.2) is 83.8 Å². The van der Waals surface area contributed by atoms with Crippen LogP contribution in [0.5, 0.6) is 0 Å². The number of thioether (sulfide) groups is 1. The number of hydrogen-bond acceptors (Lipinski definition) is 4. The third kappa shape index (κ3) is 4.01. The first kappa shape index (κ1) is 18.5. The average Bonchev–Trinajstić information content (AvgIpc) is 2.98. The predicted molar refractivity (Wildman–Crippen MR) is 123 cm³/mol. The number of aryl methyl sites for hydroxylation is 1. The molecule has 0 saturated carbocycles. The molecule has 0 bridgehead atoms. The Morgan fingerprint density at radius 2 is 1.54 bits per heavy atom. The topological polar surface area (TPSA) is 32.3 Å². The van der Waals surface area contributed by atoms with Gasteiger partial charge in [-0.25, -0.2) is 0 Å². The summed E-state index contributed by atoms with van der Waals surface area (Å²) >= 11 is 6.80. The SMILES string of the molecule is Cc1ccc(/C=C2\SC(=S)N(c3ccc(Nc4ccccc4)cc3)C2=O)cc1. The van der Waals surface area contributed by atoms with E-state index in [1.807, 2.05) is 91.9 Å². The molecule has 0 spiro atoms. The lowest BCUT2D eigenvalue weighted by Crippen LogP contribution is -2.27. The van der Waals surface area contributed by atoms with Crippen molar-refractivity contribution < 1.29 is 4.79 Å². The zero-order valence-corrected chi connectivity index (χ0v) is 16.9. The van der Waals surface area contributed by atoms with E-state index >= 15 is 0 Å². The number of rotatable bonds is 4. The first-order chi connectivity index (χ1) is 13.6. The van der Waals surface area contributed by atoms with E-state index in [9.17, 15) is 4.79 Å². The number of carbonyl (C=O) groups excluding carboxylic acids is 1. The standard InChI is InChI=1S/C23H18N2OS2/c1-16-7-9-17(10-8-16)15-21-22(26)25(23(27)28-21)20-13-11-19(12-14-20)24-18-5-3-2-4-6-18/h2-15,24H,1H3/b21-15-. The number of thiocarbonyl (C=S) groups is 1. The van der Waals surface area contributed by atoms with Crippen molar-refractivity contribution in [1.29, 1.82) is 0 Å². The third-order valence-electron chi connectivity index (χ3n) is 4.36. The summed E-state index contributed by atoms with van der Waals surface area (Å²) in [5.41, 5.74) is 4.92. The van der Waals surface area contributed by atoms with Crippen molar-refractivity contribution in [2.24, 2.45) is 0 Å². The number of hydrogen-bond donors (Lipinski definition) is 1. The molecule has 0 unspecified atom stereocenters. The summed E-state index contributed by atoms with van der Waals surface area (Å²) in [7, 11) is 0. The highest BCUT2D eigenvalue weighted by atomic mass is 32.2. The van der Waals surface area contributed by atoms with Gasteiger partial charge in [-0.05, 0) is 55.0 Å². The van der Waals surface area contributed by atoms with Crippen molar-refractivity contribution in [3.05, 3.63) is 94.9 Å². The minimum absolute atomic E-state index is 0.0839. The van der Waals surface area contributed by atoms with Gasteiger partial charge >= 0.3 is 0 Å². The van der Waals surface area contributed by atoms with Gasteiger partial charge in [-0.15, -0.1) is 0 Å². The van der Waals surface area contributed by atoms with Crippen LogP contribution in [0, 0.1) is 6.92 Å². The Labute approximate surface area is 174 Å². The molecule has 3 aromatic carbocycles. The summed E-state index contributed by atoms with van der Waals surface area (Å²) in [6.07, 6.45) is 1.89. The zero-order valence-electron chi connectivity index (χ0n) is 15.3. The van der Waals surface area contributed by atoms with Crippen LogP contribution in [0.4, 0.5) is 17.1 Å². The second kappa shape index (κ2) is 8.00. The van der Waals surface area contributed by atoms with Crippen LogP contribution in [-0.2, 0) is 4.79 Å². The first-order valence-electron chi connectivity index (χ1n) is 8.87. The minimum Gasteiger partial charge on any atom is -0.356 e. The molecule has 0 aromatic heterocycles. The van der Waals surface area contributed by atoms with Gasteiger partial charge in [0.1, 0.15) is 0 Å². The number of carbonyl (C=O) groups is 1. The maximum absolute atomic E-state index is 12.9. The van der Waals surface area contributed by atoms with Gasteiger partial charge in [-0.3, -0.25) is 9.69 Å². The van der Waals surface area contributed by atoms with Crippen LogP contribution < -0.4 is 10.2 Å². The normalized spacial score (nSPS) is 15.3. The third-order valence-corrected chi connectivity index (χ3v) is 5.66. The van der Waals surface area contributed by atoms with E-state index in [0.717, 1.165) is 22.6 Å². The molecule has 3 nitrogen and oxygen atoms in total. The molecule has 0 radical (unpaired) electrons. The molecule has 1 heterocycles. The van der Waals surface area contributed by atoms with Gasteiger partial charge in [-0.2, -0.15) is 0 Å². The molecule has 28 heavy (non-hydrogen) atoms. The van der Waals surface area contributed by atoms with Crippen molar-refractivity contribution in [2.45, 2.75) is 6.92 Å². The van der Waals surface area contributed by atoms with Crippen molar-refractivity contribution in [1.82, 2.24) is 0 Å². The highest BCUT2D eigenvalue weighted by molar-refractivity contribution is 8.27. The Bertz CT molecular complexity index is 1040. The maximum Gasteiger partial charge on any atom is 0.270 e. The smallest absolute Gasteiger partial charge is 0.270 e. The van der Waals surface area contributed by atoms with Crippen LogP contribution >= 0.6 is 24.0 Å². The number of nitrogens with one attached hydrogen (secondary N) is 1. The Hall–Kier alpha value is -2.89. The molecule has 1 aliphatic rings. The Kier molecular flexibility index (Phi) is 5.28. The van der Waals surface area contributed by atoms with Gasteiger partial charge in [0.15, 0.2) is 4.32 Å². The molecule has 1 fully saturated rings. The average molecular weight is 403 g/mol. The van der Waals surface area contributed by atoms with Crippen molar-refractivity contribution in [2.75, 3.05) is 10.2 Å². The lowest BCUT2D eigenvalue weighted by atomic mass is 10.1. The molecular formula is C23H18N2OS2. The van der Waals surface area contributed by atoms with Gasteiger partial charge < -0.3 is 5.32 Å². The Balaban J connectivity index is 1.53. The van der Waals surface area contributed by atoms with E-state index in [1.54, 1.807) is 4.90 Å². The van der Waals surface area contributed by atoms with E-state index in [-0.39, 0.29) is 5.91 Å². The van der Waals surface area contributed by atoms with Gasteiger partial charge in [0.2, 0.25) is 0 Å². The van der Waals surface area contributed by atoms with Crippen molar-refractivity contribution in [3.63, 3.8) is 0 Å². The second-order valence-corrected chi connectivity index (χ2v) is 8.14. The minimum atomic E-state index is -0.0839. The summed E-state index contributed by atoms with van der Waals surface area (Å²) in [6, 6.07) is 25.7. The van der Waals surface area contributed by atoms with Gasteiger partial charge in [-0.1, -0.05) is 72.0 Å². The first-order valence-corrected chi connectivity index (χ1v) is 10.1. The molecule has 1 aliphatic heterocycles. The van der Waals surface area contributed by atoms with Gasteiger partial charge in [0, 0.05) is 11.4 Å². The number of benzene rings is 3. The second-order valence-electron chi connectivity index (χ2n) is 6.47. The molecule has 0 atom stereocenters. The van der Waals surface area contributed by atoms with Crippen LogP contribution in [-0.4, -0.2) is 10.2 Å². The molecule has 1 amide bonds. The molecule has 3 aromatic rings. The zero-order chi connectivity index (χ0) is 19.5. The highest BCUT2D eigenvalue weighted by Crippen LogP contribution is 2.36. The largest absolute Gasteiger partial charge is 0.356 e. The molecule has 1 saturated heterocycles. The Morgan fingerprint density at radius 3 is 2.21 bits per heavy atom. The van der Waals surface area contributed by atoms with Gasteiger partial charge in [0.25, 0.3) is 5.91 Å². The van der Waals surface area contributed by atoms with Crippen molar-refractivity contribution in [3.8, 4) is 0 Å². The lowest BCUT2D eigenvalue weighted by Gasteiger charge is -2.15. The molecule has 4 rings (SSSR count). The monoisotopic (exact) mass is 402 g/mol. The summed E-state index contributed by atoms with van der Waals surface area (Å²) < 4.78 is 0.548. The Morgan fingerprint density at radius 1 is 0.893 bits per heavy atom. The quantitative estimate of drug-likeness (QED) is 0.419. The number of anilines is 3. The van der Waals surface area contributed by atoms with Crippen LogP contribution in [0.2, 0.25) is 0 Å².